The maximum absolute atomic E-state index is 13.3. The molecule has 0 radical (unpaired) electrons. The van der Waals surface area contributed by atoms with Gasteiger partial charge in [-0.05, 0) is 25.5 Å². The molecule has 1 rings (SSSR count). The lowest BCUT2D eigenvalue weighted by Crippen LogP contribution is -2.33. The monoisotopic (exact) mass is 257 g/mol. The van der Waals surface area contributed by atoms with Gasteiger partial charge in [-0.25, -0.2) is 8.78 Å². The highest BCUT2D eigenvalue weighted by atomic mass is 19.1. The number of carbonyl (C=O) groups is 2. The van der Waals surface area contributed by atoms with Crippen LogP contribution in [0.2, 0.25) is 0 Å². The van der Waals surface area contributed by atoms with Gasteiger partial charge in [-0.3, -0.25) is 9.59 Å². The van der Waals surface area contributed by atoms with E-state index in [1.54, 1.807) is 6.92 Å². The zero-order valence-corrected chi connectivity index (χ0v) is 9.74. The van der Waals surface area contributed by atoms with Crippen molar-refractivity contribution in [3.8, 4) is 0 Å². The predicted octanol–water partition coefficient (Wildman–Crippen LogP) is 1.95. The molecule has 2 N–H and O–H groups in total. The molecule has 1 unspecified atom stereocenters. The number of nitrogens with one attached hydrogen (secondary N) is 1. The van der Waals surface area contributed by atoms with Gasteiger partial charge in [-0.15, -0.1) is 0 Å². The normalized spacial score (nSPS) is 11.9. The Balaban J connectivity index is 2.62. The Morgan fingerprint density at radius 1 is 1.39 bits per heavy atom. The third kappa shape index (κ3) is 4.12. The summed E-state index contributed by atoms with van der Waals surface area (Å²) < 4.78 is 25.9. The first-order valence-electron chi connectivity index (χ1n) is 5.38. The second kappa shape index (κ2) is 6.09. The Labute approximate surface area is 103 Å². The summed E-state index contributed by atoms with van der Waals surface area (Å²) in [7, 11) is 0. The molecule has 0 heterocycles. The van der Waals surface area contributed by atoms with Crippen molar-refractivity contribution in [1.82, 2.24) is 5.32 Å². The highest BCUT2D eigenvalue weighted by Crippen LogP contribution is 2.10. The van der Waals surface area contributed by atoms with Crippen LogP contribution in [0, 0.1) is 11.6 Å². The summed E-state index contributed by atoms with van der Waals surface area (Å²) in [5.74, 6) is -3.37. The number of rotatable bonds is 5. The van der Waals surface area contributed by atoms with Crippen LogP contribution >= 0.6 is 0 Å². The van der Waals surface area contributed by atoms with Gasteiger partial charge < -0.3 is 10.4 Å². The van der Waals surface area contributed by atoms with E-state index in [0.717, 1.165) is 12.1 Å². The third-order valence-corrected chi connectivity index (χ3v) is 2.34. The molecule has 6 heteroatoms. The van der Waals surface area contributed by atoms with Crippen molar-refractivity contribution in [2.45, 2.75) is 25.8 Å². The minimum Gasteiger partial charge on any atom is -0.481 e. The number of amides is 1. The van der Waals surface area contributed by atoms with Crippen LogP contribution in [-0.4, -0.2) is 23.0 Å². The maximum Gasteiger partial charge on any atom is 0.303 e. The van der Waals surface area contributed by atoms with Gasteiger partial charge in [-0.1, -0.05) is 0 Å². The second-order valence-corrected chi connectivity index (χ2v) is 3.93. The van der Waals surface area contributed by atoms with Gasteiger partial charge in [0.15, 0.2) is 0 Å². The van der Waals surface area contributed by atoms with E-state index in [0.29, 0.717) is 6.07 Å². The van der Waals surface area contributed by atoms with E-state index in [1.807, 2.05) is 0 Å². The van der Waals surface area contributed by atoms with Crippen LogP contribution in [0.15, 0.2) is 18.2 Å². The number of hydrogen-bond acceptors (Lipinski definition) is 2. The van der Waals surface area contributed by atoms with Gasteiger partial charge >= 0.3 is 5.97 Å². The average molecular weight is 257 g/mol. The number of carbonyl (C=O) groups excluding carboxylic acids is 1. The molecule has 0 saturated heterocycles. The van der Waals surface area contributed by atoms with Crippen molar-refractivity contribution in [3.05, 3.63) is 35.4 Å². The van der Waals surface area contributed by atoms with E-state index >= 15 is 0 Å². The molecule has 4 nitrogen and oxygen atoms in total. The summed E-state index contributed by atoms with van der Waals surface area (Å²) in [6.45, 7) is 1.61. The Hall–Kier alpha value is -1.98. The van der Waals surface area contributed by atoms with E-state index in [1.165, 1.54) is 0 Å². The fourth-order valence-corrected chi connectivity index (χ4v) is 1.39. The maximum atomic E-state index is 13.3. The van der Waals surface area contributed by atoms with Gasteiger partial charge in [0.05, 0.1) is 5.56 Å². The zero-order chi connectivity index (χ0) is 13.7. The molecule has 0 aliphatic heterocycles. The summed E-state index contributed by atoms with van der Waals surface area (Å²) >= 11 is 0. The molecule has 1 aromatic rings. The van der Waals surface area contributed by atoms with E-state index in [2.05, 4.69) is 5.32 Å². The highest BCUT2D eigenvalue weighted by molar-refractivity contribution is 5.94. The smallest absolute Gasteiger partial charge is 0.303 e. The van der Waals surface area contributed by atoms with E-state index in [9.17, 15) is 18.4 Å². The molecule has 0 aromatic heterocycles. The van der Waals surface area contributed by atoms with Crippen molar-refractivity contribution in [2.24, 2.45) is 0 Å². The molecule has 1 aromatic carbocycles. The Bertz CT molecular complexity index is 463. The molecule has 0 aliphatic carbocycles. The zero-order valence-electron chi connectivity index (χ0n) is 9.74. The molecule has 0 aliphatic rings. The van der Waals surface area contributed by atoms with Crippen molar-refractivity contribution >= 4 is 11.9 Å². The molecule has 0 bridgehead atoms. The van der Waals surface area contributed by atoms with Crippen LogP contribution in [-0.2, 0) is 4.79 Å². The fourth-order valence-electron chi connectivity index (χ4n) is 1.39. The first-order chi connectivity index (χ1) is 8.40. The first-order valence-corrected chi connectivity index (χ1v) is 5.38. The summed E-state index contributed by atoms with van der Waals surface area (Å²) in [5.41, 5.74) is -0.265. The lowest BCUT2D eigenvalue weighted by molar-refractivity contribution is -0.137. The van der Waals surface area contributed by atoms with E-state index in [4.69, 9.17) is 5.11 Å². The molecule has 0 saturated carbocycles. The summed E-state index contributed by atoms with van der Waals surface area (Å²) in [5, 5.41) is 10.9. The molecule has 98 valence electrons. The van der Waals surface area contributed by atoms with Gasteiger partial charge in [0.25, 0.3) is 5.91 Å². The number of hydrogen-bond donors (Lipinski definition) is 2. The van der Waals surface area contributed by atoms with Crippen molar-refractivity contribution in [3.63, 3.8) is 0 Å². The van der Waals surface area contributed by atoms with E-state index < -0.39 is 29.6 Å². The molecular weight excluding hydrogens is 244 g/mol. The predicted molar refractivity (Wildman–Crippen MR) is 60.2 cm³/mol. The standard InChI is InChI=1S/C12H13F2NO3/c1-7(2-5-11(16)17)15-12(18)9-4-3-8(13)6-10(9)14/h3-4,6-7H,2,5H2,1H3,(H,15,18)(H,16,17). The molecule has 0 spiro atoms. The Morgan fingerprint density at radius 2 is 2.06 bits per heavy atom. The van der Waals surface area contributed by atoms with Crippen LogP contribution < -0.4 is 5.32 Å². The van der Waals surface area contributed by atoms with Crippen molar-refractivity contribution in [2.75, 3.05) is 0 Å². The van der Waals surface area contributed by atoms with E-state index in [-0.39, 0.29) is 18.4 Å². The van der Waals surface area contributed by atoms with Crippen LogP contribution in [0.4, 0.5) is 8.78 Å². The lowest BCUT2D eigenvalue weighted by Gasteiger charge is -2.13. The summed E-state index contributed by atoms with van der Waals surface area (Å²) in [6.07, 6.45) is 0.150. The SMILES string of the molecule is CC(CCC(=O)O)NC(=O)c1ccc(F)cc1F. The topological polar surface area (TPSA) is 66.4 Å². The van der Waals surface area contributed by atoms with Crippen LogP contribution in [0.5, 0.6) is 0 Å². The summed E-state index contributed by atoms with van der Waals surface area (Å²) in [6, 6.07) is 2.25. The molecule has 1 amide bonds. The minimum absolute atomic E-state index is 0.0899. The van der Waals surface area contributed by atoms with Crippen LogP contribution in [0.1, 0.15) is 30.1 Å². The first kappa shape index (κ1) is 14.1. The number of halogens is 2. The highest BCUT2D eigenvalue weighted by Gasteiger charge is 2.15. The number of carboxylic acid groups (broad SMARTS) is 1. The molecule has 0 fully saturated rings. The quantitative estimate of drug-likeness (QED) is 0.847. The minimum atomic E-state index is -0.968. The average Bonchev–Trinajstić information content (AvgIpc) is 2.26. The summed E-state index contributed by atoms with van der Waals surface area (Å²) in [4.78, 5) is 21.9. The Kier molecular flexibility index (Phi) is 4.76. The lowest BCUT2D eigenvalue weighted by atomic mass is 10.1. The van der Waals surface area contributed by atoms with Crippen LogP contribution in [0.25, 0.3) is 0 Å². The van der Waals surface area contributed by atoms with Gasteiger partial charge in [-0.2, -0.15) is 0 Å². The Morgan fingerprint density at radius 3 is 2.61 bits per heavy atom. The van der Waals surface area contributed by atoms with Crippen molar-refractivity contribution < 1.29 is 23.5 Å². The second-order valence-electron chi connectivity index (χ2n) is 3.93. The molecule has 18 heavy (non-hydrogen) atoms. The fraction of sp³-hybridized carbons (Fsp3) is 0.333. The number of benzene rings is 1. The molecule has 1 atom stereocenters. The van der Waals surface area contributed by atoms with Gasteiger partial charge in [0.2, 0.25) is 0 Å². The third-order valence-electron chi connectivity index (χ3n) is 2.34. The number of aliphatic carboxylic acids is 1. The largest absolute Gasteiger partial charge is 0.481 e. The number of carboxylic acids is 1. The van der Waals surface area contributed by atoms with Gasteiger partial charge in [0, 0.05) is 18.5 Å². The molecular formula is C12H13F2NO3. The van der Waals surface area contributed by atoms with Crippen LogP contribution in [0.3, 0.4) is 0 Å². The van der Waals surface area contributed by atoms with Crippen molar-refractivity contribution in [1.29, 1.82) is 0 Å². The van der Waals surface area contributed by atoms with Gasteiger partial charge in [0.1, 0.15) is 11.6 Å².